The number of anilines is 1. The van der Waals surface area contributed by atoms with E-state index in [9.17, 15) is 9.59 Å². The quantitative estimate of drug-likeness (QED) is 0.862. The Morgan fingerprint density at radius 1 is 1.04 bits per heavy atom. The third-order valence-electron chi connectivity index (χ3n) is 5.42. The zero-order valence-electron chi connectivity index (χ0n) is 16.0. The Kier molecular flexibility index (Phi) is 5.79. The Labute approximate surface area is 160 Å². The fourth-order valence-electron chi connectivity index (χ4n) is 3.50. The molecule has 2 aromatic rings. The summed E-state index contributed by atoms with van der Waals surface area (Å²) in [5.41, 5.74) is 10.3. The second kappa shape index (κ2) is 8.25. The topological polar surface area (TPSA) is 75.4 Å². The van der Waals surface area contributed by atoms with Crippen LogP contribution < -0.4 is 11.1 Å². The number of amides is 3. The van der Waals surface area contributed by atoms with Gasteiger partial charge in [-0.15, -0.1) is 0 Å². The normalized spacial score (nSPS) is 14.8. The van der Waals surface area contributed by atoms with Gasteiger partial charge in [-0.25, -0.2) is 4.79 Å². The molecule has 142 valence electrons. The Bertz CT molecular complexity index is 822. The lowest BCUT2D eigenvalue weighted by Gasteiger charge is -2.32. The molecule has 5 nitrogen and oxygen atoms in total. The van der Waals surface area contributed by atoms with Crippen molar-refractivity contribution in [3.63, 3.8) is 0 Å². The standard InChI is InChI=1S/C22H27N3O2/c1-15-3-8-20(13-16(15)2)24-22(27)25-11-9-18(10-12-25)14-17-4-6-19(7-5-17)21(23)26/h3-8,13,18H,9-12,14H2,1-2H3,(H2,23,26)(H,24,27). The van der Waals surface area contributed by atoms with Crippen molar-refractivity contribution in [1.29, 1.82) is 0 Å². The molecule has 3 N–H and O–H groups in total. The van der Waals surface area contributed by atoms with Gasteiger partial charge in [0.25, 0.3) is 0 Å². The van der Waals surface area contributed by atoms with Crippen LogP contribution in [-0.4, -0.2) is 29.9 Å². The minimum Gasteiger partial charge on any atom is -0.366 e. The van der Waals surface area contributed by atoms with E-state index in [-0.39, 0.29) is 6.03 Å². The second-order valence-electron chi connectivity index (χ2n) is 7.42. The van der Waals surface area contributed by atoms with Gasteiger partial charge >= 0.3 is 6.03 Å². The van der Waals surface area contributed by atoms with E-state index in [0.29, 0.717) is 11.5 Å². The van der Waals surface area contributed by atoms with Crippen LogP contribution in [0, 0.1) is 19.8 Å². The molecule has 3 amide bonds. The number of urea groups is 1. The largest absolute Gasteiger partial charge is 0.366 e. The lowest BCUT2D eigenvalue weighted by atomic mass is 9.90. The molecule has 3 rings (SSSR count). The van der Waals surface area contributed by atoms with Crippen LogP contribution in [0.2, 0.25) is 0 Å². The summed E-state index contributed by atoms with van der Waals surface area (Å²) >= 11 is 0. The molecule has 1 aliphatic heterocycles. The van der Waals surface area contributed by atoms with Gasteiger partial charge in [-0.2, -0.15) is 0 Å². The SMILES string of the molecule is Cc1ccc(NC(=O)N2CCC(Cc3ccc(C(N)=O)cc3)CC2)cc1C. The number of nitrogens with zero attached hydrogens (tertiary/aromatic N) is 1. The predicted octanol–water partition coefficient (Wildman–Crippen LogP) is 3.89. The van der Waals surface area contributed by atoms with Gasteiger partial charge < -0.3 is 16.0 Å². The van der Waals surface area contributed by atoms with Gasteiger partial charge in [0.1, 0.15) is 0 Å². The number of carbonyl (C=O) groups excluding carboxylic acids is 2. The van der Waals surface area contributed by atoms with Gasteiger partial charge in [-0.3, -0.25) is 4.79 Å². The van der Waals surface area contributed by atoms with E-state index in [4.69, 9.17) is 5.73 Å². The van der Waals surface area contributed by atoms with Gasteiger partial charge in [0, 0.05) is 24.3 Å². The van der Waals surface area contributed by atoms with E-state index < -0.39 is 5.91 Å². The summed E-state index contributed by atoms with van der Waals surface area (Å²) in [7, 11) is 0. The van der Waals surface area contributed by atoms with Crippen LogP contribution >= 0.6 is 0 Å². The Morgan fingerprint density at radius 2 is 1.70 bits per heavy atom. The van der Waals surface area contributed by atoms with Crippen LogP contribution in [0.25, 0.3) is 0 Å². The van der Waals surface area contributed by atoms with Crippen molar-refractivity contribution in [2.24, 2.45) is 11.7 Å². The van der Waals surface area contributed by atoms with Gasteiger partial charge in [0.2, 0.25) is 5.91 Å². The van der Waals surface area contributed by atoms with Crippen LogP contribution in [0.4, 0.5) is 10.5 Å². The zero-order valence-corrected chi connectivity index (χ0v) is 16.0. The number of nitrogens with two attached hydrogens (primary N) is 1. The summed E-state index contributed by atoms with van der Waals surface area (Å²) in [6, 6.07) is 13.5. The molecule has 1 fully saturated rings. The number of primary amides is 1. The number of carbonyl (C=O) groups is 2. The second-order valence-corrected chi connectivity index (χ2v) is 7.42. The molecular weight excluding hydrogens is 338 g/mol. The molecule has 27 heavy (non-hydrogen) atoms. The van der Waals surface area contributed by atoms with Crippen molar-refractivity contribution in [1.82, 2.24) is 4.90 Å². The lowest BCUT2D eigenvalue weighted by Crippen LogP contribution is -2.41. The maximum atomic E-state index is 12.5. The smallest absolute Gasteiger partial charge is 0.321 e. The minimum absolute atomic E-state index is 0.0254. The van der Waals surface area contributed by atoms with E-state index in [2.05, 4.69) is 12.2 Å². The summed E-state index contributed by atoms with van der Waals surface area (Å²) in [6.07, 6.45) is 2.93. The number of aryl methyl sites for hydroxylation is 2. The van der Waals surface area contributed by atoms with Crippen LogP contribution in [0.5, 0.6) is 0 Å². The molecule has 0 saturated carbocycles. The van der Waals surface area contributed by atoms with Crippen molar-refractivity contribution in [3.8, 4) is 0 Å². The molecule has 0 aliphatic carbocycles. The monoisotopic (exact) mass is 365 g/mol. The first-order valence-corrected chi connectivity index (χ1v) is 9.44. The molecule has 1 heterocycles. The van der Waals surface area contributed by atoms with Crippen molar-refractivity contribution < 1.29 is 9.59 Å². The predicted molar refractivity (Wildman–Crippen MR) is 108 cm³/mol. The number of likely N-dealkylation sites (tertiary alicyclic amines) is 1. The molecule has 1 aliphatic rings. The fourth-order valence-corrected chi connectivity index (χ4v) is 3.50. The van der Waals surface area contributed by atoms with Crippen LogP contribution in [-0.2, 0) is 6.42 Å². The lowest BCUT2D eigenvalue weighted by molar-refractivity contribution is 0.1000. The third kappa shape index (κ3) is 4.88. The first kappa shape index (κ1) is 19.0. The summed E-state index contributed by atoms with van der Waals surface area (Å²) in [5.74, 6) is 0.153. The van der Waals surface area contributed by atoms with Crippen molar-refractivity contribution in [3.05, 3.63) is 64.7 Å². The maximum absolute atomic E-state index is 12.5. The minimum atomic E-state index is -0.398. The van der Waals surface area contributed by atoms with Gasteiger partial charge in [0.05, 0.1) is 0 Å². The first-order chi connectivity index (χ1) is 12.9. The van der Waals surface area contributed by atoms with Crippen LogP contribution in [0.1, 0.15) is 39.9 Å². The molecule has 5 heteroatoms. The zero-order chi connectivity index (χ0) is 19.4. The average molecular weight is 365 g/mol. The van der Waals surface area contributed by atoms with Gasteiger partial charge in [0.15, 0.2) is 0 Å². The molecule has 0 bridgehead atoms. The van der Waals surface area contributed by atoms with E-state index in [1.807, 2.05) is 42.2 Å². The number of hydrogen-bond acceptors (Lipinski definition) is 2. The van der Waals surface area contributed by atoms with E-state index >= 15 is 0 Å². The summed E-state index contributed by atoms with van der Waals surface area (Å²) in [4.78, 5) is 25.5. The number of hydrogen-bond donors (Lipinski definition) is 2. The molecular formula is C22H27N3O2. The molecule has 1 saturated heterocycles. The fraction of sp³-hybridized carbons (Fsp3) is 0.364. The van der Waals surface area contributed by atoms with Crippen molar-refractivity contribution in [2.45, 2.75) is 33.1 Å². The summed E-state index contributed by atoms with van der Waals surface area (Å²) < 4.78 is 0. The molecule has 0 atom stereocenters. The highest BCUT2D eigenvalue weighted by atomic mass is 16.2. The van der Waals surface area contributed by atoms with E-state index in [0.717, 1.165) is 38.0 Å². The first-order valence-electron chi connectivity index (χ1n) is 9.44. The van der Waals surface area contributed by atoms with Gasteiger partial charge in [-0.05, 0) is 80.0 Å². The number of benzene rings is 2. The molecule has 2 aromatic carbocycles. The van der Waals surface area contributed by atoms with Gasteiger partial charge in [-0.1, -0.05) is 18.2 Å². The number of rotatable bonds is 4. The molecule has 0 unspecified atom stereocenters. The average Bonchev–Trinajstić information content (AvgIpc) is 2.66. The highest BCUT2D eigenvalue weighted by Crippen LogP contribution is 2.23. The third-order valence-corrected chi connectivity index (χ3v) is 5.42. The Morgan fingerprint density at radius 3 is 2.30 bits per heavy atom. The van der Waals surface area contributed by atoms with E-state index in [1.54, 1.807) is 12.1 Å². The molecule has 0 radical (unpaired) electrons. The highest BCUT2D eigenvalue weighted by Gasteiger charge is 2.23. The van der Waals surface area contributed by atoms with Crippen LogP contribution in [0.15, 0.2) is 42.5 Å². The van der Waals surface area contributed by atoms with Crippen LogP contribution in [0.3, 0.4) is 0 Å². The molecule has 0 spiro atoms. The maximum Gasteiger partial charge on any atom is 0.321 e. The van der Waals surface area contributed by atoms with Crippen molar-refractivity contribution >= 4 is 17.6 Å². The highest BCUT2D eigenvalue weighted by molar-refractivity contribution is 5.92. The Hall–Kier alpha value is -2.82. The van der Waals surface area contributed by atoms with Crippen molar-refractivity contribution in [2.75, 3.05) is 18.4 Å². The summed E-state index contributed by atoms with van der Waals surface area (Å²) in [5, 5.41) is 3.00. The number of nitrogens with one attached hydrogen (secondary N) is 1. The number of piperidine rings is 1. The Balaban J connectivity index is 1.49. The molecule has 0 aromatic heterocycles. The summed E-state index contributed by atoms with van der Waals surface area (Å²) in [6.45, 7) is 5.64. The van der Waals surface area contributed by atoms with E-state index in [1.165, 1.54) is 16.7 Å².